The first-order valence-corrected chi connectivity index (χ1v) is 7.25. The smallest absolute Gasteiger partial charge is 0.112 e. The number of thiazole rings is 1. The van der Waals surface area contributed by atoms with Gasteiger partial charge < -0.3 is 10.3 Å². The topological polar surface area (TPSA) is 43.8 Å². The number of hydrogen-bond donors (Lipinski definition) is 1. The molecule has 2 aromatic heterocycles. The number of hydrogen-bond acceptors (Lipinski definition) is 3. The Morgan fingerprint density at radius 3 is 2.84 bits per heavy atom. The van der Waals surface area contributed by atoms with Gasteiger partial charge in [-0.1, -0.05) is 6.07 Å². The molecule has 3 nitrogen and oxygen atoms in total. The zero-order valence-electron chi connectivity index (χ0n) is 11.2. The van der Waals surface area contributed by atoms with Crippen molar-refractivity contribution in [3.8, 4) is 0 Å². The molecule has 0 atom stereocenters. The highest BCUT2D eigenvalue weighted by Crippen LogP contribution is 2.27. The van der Waals surface area contributed by atoms with Crippen LogP contribution in [0, 0.1) is 13.8 Å². The van der Waals surface area contributed by atoms with Crippen LogP contribution >= 0.6 is 11.3 Å². The summed E-state index contributed by atoms with van der Waals surface area (Å²) in [7, 11) is 0. The highest BCUT2D eigenvalue weighted by molar-refractivity contribution is 7.09. The van der Waals surface area contributed by atoms with Crippen LogP contribution in [0.2, 0.25) is 0 Å². The van der Waals surface area contributed by atoms with Crippen LogP contribution in [0.1, 0.15) is 21.8 Å². The van der Waals surface area contributed by atoms with Crippen molar-refractivity contribution < 1.29 is 0 Å². The lowest BCUT2D eigenvalue weighted by molar-refractivity contribution is 0.794. The molecule has 0 aliphatic heterocycles. The number of aryl methyl sites for hydroxylation is 1. The maximum atomic E-state index is 5.73. The summed E-state index contributed by atoms with van der Waals surface area (Å²) >= 11 is 1.70. The quantitative estimate of drug-likeness (QED) is 0.795. The van der Waals surface area contributed by atoms with Crippen LogP contribution in [0.4, 0.5) is 0 Å². The van der Waals surface area contributed by atoms with E-state index in [-0.39, 0.29) is 0 Å². The normalized spacial score (nSPS) is 11.3. The first-order valence-electron chi connectivity index (χ1n) is 6.37. The predicted molar refractivity (Wildman–Crippen MR) is 80.5 cm³/mol. The molecule has 0 aliphatic carbocycles. The lowest BCUT2D eigenvalue weighted by Crippen LogP contribution is -2.01. The summed E-state index contributed by atoms with van der Waals surface area (Å²) in [6, 6.07) is 6.49. The molecule has 0 saturated carbocycles. The first kappa shape index (κ1) is 12.4. The Labute approximate surface area is 116 Å². The summed E-state index contributed by atoms with van der Waals surface area (Å²) in [6.07, 6.45) is 1.86. The molecule has 2 heterocycles. The maximum Gasteiger partial charge on any atom is 0.112 e. The standard InChI is InChI=1S/C15H17N3S/c1-10-11(2)18(9-15-17-5-6-19-15)14-4-3-12(8-16)7-13(10)14/h3-7H,8-9,16H2,1-2H3. The molecule has 0 saturated heterocycles. The molecule has 0 aliphatic rings. The number of nitrogens with two attached hydrogens (primary N) is 1. The molecular weight excluding hydrogens is 254 g/mol. The molecule has 0 unspecified atom stereocenters. The second-order valence-electron chi connectivity index (χ2n) is 4.78. The molecular formula is C15H17N3S. The fourth-order valence-electron chi connectivity index (χ4n) is 2.49. The van der Waals surface area contributed by atoms with Gasteiger partial charge in [0.15, 0.2) is 0 Å². The lowest BCUT2D eigenvalue weighted by Gasteiger charge is -2.06. The average molecular weight is 271 g/mol. The molecule has 0 spiro atoms. The highest BCUT2D eigenvalue weighted by Gasteiger charge is 2.12. The fourth-order valence-corrected chi connectivity index (χ4v) is 3.10. The van der Waals surface area contributed by atoms with Gasteiger partial charge in [-0.05, 0) is 37.1 Å². The van der Waals surface area contributed by atoms with Gasteiger partial charge in [0.05, 0.1) is 6.54 Å². The minimum Gasteiger partial charge on any atom is -0.338 e. The van der Waals surface area contributed by atoms with Gasteiger partial charge in [-0.2, -0.15) is 0 Å². The van der Waals surface area contributed by atoms with Crippen molar-refractivity contribution in [2.75, 3.05) is 0 Å². The van der Waals surface area contributed by atoms with E-state index >= 15 is 0 Å². The summed E-state index contributed by atoms with van der Waals surface area (Å²) in [5, 5.41) is 4.47. The minimum absolute atomic E-state index is 0.589. The van der Waals surface area contributed by atoms with E-state index in [4.69, 9.17) is 5.73 Å². The van der Waals surface area contributed by atoms with Gasteiger partial charge in [-0.25, -0.2) is 4.98 Å². The Hall–Kier alpha value is -1.65. The second-order valence-corrected chi connectivity index (χ2v) is 5.76. The van der Waals surface area contributed by atoms with Gasteiger partial charge >= 0.3 is 0 Å². The van der Waals surface area contributed by atoms with E-state index in [0.717, 1.165) is 11.6 Å². The summed E-state index contributed by atoms with van der Waals surface area (Å²) in [5.74, 6) is 0. The van der Waals surface area contributed by atoms with Crippen LogP contribution in [0.15, 0.2) is 29.8 Å². The maximum absolute atomic E-state index is 5.73. The van der Waals surface area contributed by atoms with Crippen molar-refractivity contribution in [3.05, 3.63) is 51.6 Å². The Morgan fingerprint density at radius 1 is 1.32 bits per heavy atom. The molecule has 0 radical (unpaired) electrons. The van der Waals surface area contributed by atoms with Crippen molar-refractivity contribution in [1.29, 1.82) is 0 Å². The van der Waals surface area contributed by atoms with Gasteiger partial charge in [-0.3, -0.25) is 0 Å². The summed E-state index contributed by atoms with van der Waals surface area (Å²) < 4.78 is 2.34. The highest BCUT2D eigenvalue weighted by atomic mass is 32.1. The number of fused-ring (bicyclic) bond motifs is 1. The monoisotopic (exact) mass is 271 g/mol. The average Bonchev–Trinajstić information content (AvgIpc) is 3.02. The number of benzene rings is 1. The molecule has 3 rings (SSSR count). The van der Waals surface area contributed by atoms with E-state index in [1.165, 1.54) is 27.7 Å². The summed E-state index contributed by atoms with van der Waals surface area (Å²) in [6.45, 7) is 5.78. The Balaban J connectivity index is 2.16. The molecule has 0 bridgehead atoms. The van der Waals surface area contributed by atoms with E-state index in [9.17, 15) is 0 Å². The lowest BCUT2D eigenvalue weighted by atomic mass is 10.1. The molecule has 98 valence electrons. The van der Waals surface area contributed by atoms with E-state index < -0.39 is 0 Å². The Kier molecular flexibility index (Phi) is 3.12. The second kappa shape index (κ2) is 4.79. The van der Waals surface area contributed by atoms with Crippen molar-refractivity contribution in [3.63, 3.8) is 0 Å². The summed E-state index contributed by atoms with van der Waals surface area (Å²) in [4.78, 5) is 4.38. The van der Waals surface area contributed by atoms with Crippen molar-refractivity contribution in [1.82, 2.24) is 9.55 Å². The molecule has 0 fully saturated rings. The number of rotatable bonds is 3. The van der Waals surface area contributed by atoms with E-state index in [0.29, 0.717) is 6.54 Å². The fraction of sp³-hybridized carbons (Fsp3) is 0.267. The van der Waals surface area contributed by atoms with Crippen LogP contribution in [-0.2, 0) is 13.1 Å². The third-order valence-electron chi connectivity index (χ3n) is 3.72. The predicted octanol–water partition coefficient (Wildman–Crippen LogP) is 3.22. The van der Waals surface area contributed by atoms with Gasteiger partial charge in [0.1, 0.15) is 5.01 Å². The zero-order chi connectivity index (χ0) is 13.4. The van der Waals surface area contributed by atoms with Gasteiger partial charge in [0.2, 0.25) is 0 Å². The number of aromatic nitrogens is 2. The largest absolute Gasteiger partial charge is 0.338 e. The Morgan fingerprint density at radius 2 is 2.16 bits per heavy atom. The first-order chi connectivity index (χ1) is 9.20. The van der Waals surface area contributed by atoms with Crippen LogP contribution in [0.25, 0.3) is 10.9 Å². The number of nitrogens with zero attached hydrogens (tertiary/aromatic N) is 2. The molecule has 0 amide bonds. The molecule has 1 aromatic carbocycles. The zero-order valence-corrected chi connectivity index (χ0v) is 12.0. The van der Waals surface area contributed by atoms with Crippen LogP contribution < -0.4 is 5.73 Å². The van der Waals surface area contributed by atoms with Gasteiger partial charge in [0, 0.05) is 34.7 Å². The van der Waals surface area contributed by atoms with Crippen molar-refractivity contribution in [2.45, 2.75) is 26.9 Å². The molecule has 2 N–H and O–H groups in total. The third-order valence-corrected chi connectivity index (χ3v) is 4.48. The molecule has 19 heavy (non-hydrogen) atoms. The van der Waals surface area contributed by atoms with Gasteiger partial charge in [-0.15, -0.1) is 11.3 Å². The van der Waals surface area contributed by atoms with Crippen LogP contribution in [0.5, 0.6) is 0 Å². The van der Waals surface area contributed by atoms with E-state index in [1.54, 1.807) is 11.3 Å². The van der Waals surface area contributed by atoms with Crippen LogP contribution in [0.3, 0.4) is 0 Å². The minimum atomic E-state index is 0.589. The van der Waals surface area contributed by atoms with E-state index in [2.05, 4.69) is 41.6 Å². The van der Waals surface area contributed by atoms with Crippen LogP contribution in [-0.4, -0.2) is 9.55 Å². The van der Waals surface area contributed by atoms with E-state index in [1.807, 2.05) is 11.6 Å². The third kappa shape index (κ3) is 2.07. The molecule has 3 aromatic rings. The Bertz CT molecular complexity index is 711. The van der Waals surface area contributed by atoms with Gasteiger partial charge in [0.25, 0.3) is 0 Å². The summed E-state index contributed by atoms with van der Waals surface area (Å²) in [5.41, 5.74) is 10.8. The SMILES string of the molecule is Cc1c(C)n(Cc2nccs2)c2ccc(CN)cc12. The van der Waals surface area contributed by atoms with Crippen molar-refractivity contribution >= 4 is 22.2 Å². The van der Waals surface area contributed by atoms with Crippen molar-refractivity contribution in [2.24, 2.45) is 5.73 Å². The molecule has 4 heteroatoms.